The monoisotopic (exact) mass is 398 g/mol. The van der Waals surface area contributed by atoms with Gasteiger partial charge in [0.05, 0.1) is 16.6 Å². The summed E-state index contributed by atoms with van der Waals surface area (Å²) in [6.07, 6.45) is 5.64. The zero-order chi connectivity index (χ0) is 17.9. The minimum atomic E-state index is 0.189. The number of thioether (sulfide) groups is 1. The lowest BCUT2D eigenvalue weighted by molar-refractivity contribution is 0.686. The second-order valence-electron chi connectivity index (χ2n) is 6.01. The molecule has 0 bridgehead atoms. The first kappa shape index (κ1) is 17.5. The van der Waals surface area contributed by atoms with E-state index in [1.807, 2.05) is 24.7 Å². The zero-order valence-electron chi connectivity index (χ0n) is 13.8. The van der Waals surface area contributed by atoms with Crippen molar-refractivity contribution < 1.29 is 0 Å². The summed E-state index contributed by atoms with van der Waals surface area (Å²) in [6.45, 7) is 0.803. The molecule has 2 nitrogen and oxygen atoms in total. The Morgan fingerprint density at radius 3 is 2.65 bits per heavy atom. The number of benzene rings is 3. The Morgan fingerprint density at radius 2 is 1.85 bits per heavy atom. The summed E-state index contributed by atoms with van der Waals surface area (Å²) in [7, 11) is 0. The smallest absolute Gasteiger partial charge is 0.0946 e. The predicted molar refractivity (Wildman–Crippen MR) is 111 cm³/mol. The summed E-state index contributed by atoms with van der Waals surface area (Å²) in [5.74, 6) is 0. The molecule has 130 valence electrons. The van der Waals surface area contributed by atoms with Gasteiger partial charge in [-0.25, -0.2) is 4.98 Å². The van der Waals surface area contributed by atoms with Crippen LogP contribution in [0, 0.1) is 0 Å². The molecule has 0 saturated heterocycles. The first-order chi connectivity index (χ1) is 12.7. The predicted octanol–water partition coefficient (Wildman–Crippen LogP) is 6.88. The topological polar surface area (TPSA) is 17.8 Å². The molecule has 0 amide bonds. The highest BCUT2D eigenvalue weighted by atomic mass is 35.5. The van der Waals surface area contributed by atoms with Gasteiger partial charge in [0.15, 0.2) is 0 Å². The number of aromatic nitrogens is 2. The van der Waals surface area contributed by atoms with Crippen LogP contribution < -0.4 is 0 Å². The number of hydrogen-bond acceptors (Lipinski definition) is 2. The third-order valence-electron chi connectivity index (χ3n) is 4.27. The maximum Gasteiger partial charge on any atom is 0.0946 e. The molecule has 1 atom stereocenters. The van der Waals surface area contributed by atoms with E-state index in [0.29, 0.717) is 10.0 Å². The molecule has 26 heavy (non-hydrogen) atoms. The molecule has 4 rings (SSSR count). The molecule has 4 aromatic rings. The van der Waals surface area contributed by atoms with Crippen LogP contribution in [0.4, 0.5) is 0 Å². The minimum absolute atomic E-state index is 0.189. The number of imidazole rings is 1. The van der Waals surface area contributed by atoms with Crippen molar-refractivity contribution in [2.45, 2.75) is 16.7 Å². The third kappa shape index (κ3) is 3.75. The Kier molecular flexibility index (Phi) is 5.21. The van der Waals surface area contributed by atoms with E-state index in [4.69, 9.17) is 23.2 Å². The summed E-state index contributed by atoms with van der Waals surface area (Å²) in [4.78, 5) is 5.20. The van der Waals surface area contributed by atoms with Crippen molar-refractivity contribution in [3.05, 3.63) is 95.0 Å². The summed E-state index contributed by atoms with van der Waals surface area (Å²) in [5.41, 5.74) is 1.29. The standard InChI is InChI=1S/C21H16Cl2N2S/c22-16-8-9-20(19(23)12-16)26-21(13-25-11-10-24-14-25)18-7-3-5-15-4-1-2-6-17(15)18/h1-12,14,21H,13H2. The lowest BCUT2D eigenvalue weighted by atomic mass is 10.0. The van der Waals surface area contributed by atoms with Crippen molar-refractivity contribution in [1.29, 1.82) is 0 Å². The first-order valence-electron chi connectivity index (χ1n) is 8.26. The van der Waals surface area contributed by atoms with Crippen LogP contribution in [0.5, 0.6) is 0 Å². The highest BCUT2D eigenvalue weighted by Crippen LogP contribution is 2.42. The summed E-state index contributed by atoms with van der Waals surface area (Å²) < 4.78 is 2.10. The van der Waals surface area contributed by atoms with Crippen LogP contribution in [0.2, 0.25) is 10.0 Å². The number of fused-ring (bicyclic) bond motifs is 1. The SMILES string of the molecule is Clc1ccc(SC(Cn2ccnc2)c2cccc3ccccc23)c(Cl)c1. The van der Waals surface area contributed by atoms with Gasteiger partial charge in [0.1, 0.15) is 0 Å². The maximum absolute atomic E-state index is 6.44. The summed E-state index contributed by atoms with van der Waals surface area (Å²) in [5, 5.41) is 4.02. The van der Waals surface area contributed by atoms with Gasteiger partial charge >= 0.3 is 0 Å². The van der Waals surface area contributed by atoms with Crippen molar-refractivity contribution in [2.75, 3.05) is 0 Å². The average Bonchev–Trinajstić information content (AvgIpc) is 3.16. The van der Waals surface area contributed by atoms with Gasteiger partial charge in [-0.2, -0.15) is 0 Å². The van der Waals surface area contributed by atoms with Crippen molar-refractivity contribution in [3.63, 3.8) is 0 Å². The van der Waals surface area contributed by atoms with E-state index in [0.717, 1.165) is 11.4 Å². The molecule has 0 fully saturated rings. The Balaban J connectivity index is 1.77. The van der Waals surface area contributed by atoms with Gasteiger partial charge in [-0.15, -0.1) is 11.8 Å². The van der Waals surface area contributed by atoms with Crippen LogP contribution in [0.25, 0.3) is 10.8 Å². The van der Waals surface area contributed by atoms with Crippen molar-refractivity contribution in [1.82, 2.24) is 9.55 Å². The first-order valence-corrected chi connectivity index (χ1v) is 9.89. The fourth-order valence-corrected chi connectivity index (χ4v) is 4.79. The van der Waals surface area contributed by atoms with Crippen LogP contribution in [0.1, 0.15) is 10.8 Å². The van der Waals surface area contributed by atoms with Gasteiger partial charge < -0.3 is 4.57 Å². The molecular weight excluding hydrogens is 383 g/mol. The molecule has 1 aromatic heterocycles. The molecule has 1 unspecified atom stereocenters. The van der Waals surface area contributed by atoms with Crippen molar-refractivity contribution in [3.8, 4) is 0 Å². The number of nitrogens with zero attached hydrogens (tertiary/aromatic N) is 2. The number of rotatable bonds is 5. The van der Waals surface area contributed by atoms with Gasteiger partial charge in [-0.1, -0.05) is 65.7 Å². The normalized spacial score (nSPS) is 12.4. The quantitative estimate of drug-likeness (QED) is 0.341. The minimum Gasteiger partial charge on any atom is -0.336 e. The van der Waals surface area contributed by atoms with Crippen LogP contribution in [0.15, 0.2) is 84.3 Å². The molecular formula is C21H16Cl2N2S. The molecule has 5 heteroatoms. The van der Waals surface area contributed by atoms with Gasteiger partial charge in [0.25, 0.3) is 0 Å². The van der Waals surface area contributed by atoms with E-state index in [1.165, 1.54) is 16.3 Å². The second kappa shape index (κ2) is 7.75. The van der Waals surface area contributed by atoms with Gasteiger partial charge in [-0.05, 0) is 34.5 Å². The fraction of sp³-hybridized carbons (Fsp3) is 0.0952. The second-order valence-corrected chi connectivity index (χ2v) is 8.10. The van der Waals surface area contributed by atoms with E-state index < -0.39 is 0 Å². The van der Waals surface area contributed by atoms with Gasteiger partial charge in [0.2, 0.25) is 0 Å². The molecule has 0 spiro atoms. The molecule has 0 aliphatic rings. The van der Waals surface area contributed by atoms with Crippen LogP contribution >= 0.6 is 35.0 Å². The molecule has 0 aliphatic carbocycles. The van der Waals surface area contributed by atoms with Gasteiger partial charge in [0, 0.05) is 28.9 Å². The molecule has 0 aliphatic heterocycles. The Morgan fingerprint density at radius 1 is 1.00 bits per heavy atom. The third-order valence-corrected chi connectivity index (χ3v) is 6.23. The van der Waals surface area contributed by atoms with Crippen LogP contribution in [-0.4, -0.2) is 9.55 Å². The van der Waals surface area contributed by atoms with E-state index >= 15 is 0 Å². The Bertz CT molecular complexity index is 1030. The fourth-order valence-electron chi connectivity index (χ4n) is 3.04. The summed E-state index contributed by atoms with van der Waals surface area (Å²) >= 11 is 14.2. The molecule has 1 heterocycles. The molecule has 3 aromatic carbocycles. The summed E-state index contributed by atoms with van der Waals surface area (Å²) in [6, 6.07) is 20.6. The van der Waals surface area contributed by atoms with Crippen LogP contribution in [-0.2, 0) is 6.54 Å². The number of halogens is 2. The number of hydrogen-bond donors (Lipinski definition) is 0. The lowest BCUT2D eigenvalue weighted by Gasteiger charge is -2.20. The lowest BCUT2D eigenvalue weighted by Crippen LogP contribution is -2.05. The van der Waals surface area contributed by atoms with E-state index in [9.17, 15) is 0 Å². The zero-order valence-corrected chi connectivity index (χ0v) is 16.2. The van der Waals surface area contributed by atoms with E-state index in [-0.39, 0.29) is 5.25 Å². The van der Waals surface area contributed by atoms with Gasteiger partial charge in [-0.3, -0.25) is 0 Å². The Hall–Kier alpha value is -1.94. The van der Waals surface area contributed by atoms with E-state index in [2.05, 4.69) is 52.0 Å². The molecule has 0 saturated carbocycles. The molecule has 0 radical (unpaired) electrons. The highest BCUT2D eigenvalue weighted by molar-refractivity contribution is 7.99. The van der Waals surface area contributed by atoms with Crippen molar-refractivity contribution in [2.24, 2.45) is 0 Å². The average molecular weight is 399 g/mol. The Labute approximate surface area is 166 Å². The largest absolute Gasteiger partial charge is 0.336 e. The maximum atomic E-state index is 6.44. The molecule has 0 N–H and O–H groups in total. The van der Waals surface area contributed by atoms with E-state index in [1.54, 1.807) is 24.0 Å². The van der Waals surface area contributed by atoms with Crippen molar-refractivity contribution >= 4 is 45.7 Å². The van der Waals surface area contributed by atoms with Crippen LogP contribution in [0.3, 0.4) is 0 Å². The highest BCUT2D eigenvalue weighted by Gasteiger charge is 2.18.